The van der Waals surface area contributed by atoms with Gasteiger partial charge in [-0.1, -0.05) is 32.9 Å². The first-order valence-corrected chi connectivity index (χ1v) is 9.57. The predicted octanol–water partition coefficient (Wildman–Crippen LogP) is 4.14. The minimum absolute atomic E-state index is 0.00546. The monoisotopic (exact) mass is 382 g/mol. The lowest BCUT2D eigenvalue weighted by Gasteiger charge is -2.27. The third-order valence-corrected chi connectivity index (χ3v) is 4.94. The van der Waals surface area contributed by atoms with Crippen molar-refractivity contribution >= 4 is 23.3 Å². The van der Waals surface area contributed by atoms with Crippen LogP contribution in [0.25, 0.3) is 0 Å². The number of rotatable bonds is 5. The maximum absolute atomic E-state index is 12.9. The Hall–Kier alpha value is -2.89. The van der Waals surface area contributed by atoms with Gasteiger partial charge in [-0.3, -0.25) is 14.4 Å². The topological polar surface area (TPSA) is 88.4 Å². The number of furan rings is 1. The summed E-state index contributed by atoms with van der Waals surface area (Å²) in [5.41, 5.74) is 1.68. The normalized spacial score (nSPS) is 15.1. The molecule has 2 aromatic rings. The maximum atomic E-state index is 12.9. The van der Waals surface area contributed by atoms with E-state index in [0.717, 1.165) is 6.42 Å². The van der Waals surface area contributed by atoms with E-state index in [4.69, 9.17) is 4.42 Å². The lowest BCUT2D eigenvalue weighted by Crippen LogP contribution is -2.26. The Labute approximate surface area is 164 Å². The molecule has 1 aromatic carbocycles. The first-order chi connectivity index (χ1) is 13.2. The number of ketones is 1. The molecule has 2 N–H and O–H groups in total. The molecule has 28 heavy (non-hydrogen) atoms. The van der Waals surface area contributed by atoms with E-state index in [0.29, 0.717) is 47.5 Å². The molecule has 0 saturated carbocycles. The third kappa shape index (κ3) is 3.86. The number of amides is 2. The van der Waals surface area contributed by atoms with Crippen LogP contribution < -0.4 is 10.6 Å². The fourth-order valence-electron chi connectivity index (χ4n) is 3.60. The Morgan fingerprint density at radius 2 is 1.86 bits per heavy atom. The summed E-state index contributed by atoms with van der Waals surface area (Å²) in [6.07, 6.45) is 1.86. The molecular formula is C22H26N2O4. The van der Waals surface area contributed by atoms with Crippen LogP contribution in [0.5, 0.6) is 0 Å². The number of fused-ring (bicyclic) bond motifs is 1. The van der Waals surface area contributed by atoms with E-state index in [2.05, 4.69) is 10.6 Å². The van der Waals surface area contributed by atoms with Crippen LogP contribution >= 0.6 is 0 Å². The van der Waals surface area contributed by atoms with Crippen molar-refractivity contribution in [1.29, 1.82) is 0 Å². The molecule has 2 amide bonds. The van der Waals surface area contributed by atoms with Gasteiger partial charge in [0.05, 0.1) is 16.8 Å². The number of hydrogen-bond donors (Lipinski definition) is 2. The van der Waals surface area contributed by atoms with Gasteiger partial charge in [-0.15, -0.1) is 0 Å². The van der Waals surface area contributed by atoms with Crippen LogP contribution in [0.3, 0.4) is 0 Å². The molecule has 6 heteroatoms. The van der Waals surface area contributed by atoms with Crippen LogP contribution in [0, 0.1) is 12.3 Å². The number of carbonyl (C=O) groups excluding carboxylic acids is 3. The van der Waals surface area contributed by atoms with Crippen molar-refractivity contribution in [2.45, 2.75) is 47.0 Å². The lowest BCUT2D eigenvalue weighted by atomic mass is 9.76. The highest BCUT2D eigenvalue weighted by molar-refractivity contribution is 6.10. The molecule has 0 aliphatic heterocycles. The SMILES string of the molecule is CCCNC(=O)c1ccccc1NC(=O)c1oc2c(c1C)C(=O)CC(C)(C)C2. The van der Waals surface area contributed by atoms with Gasteiger partial charge in [-0.2, -0.15) is 0 Å². The van der Waals surface area contributed by atoms with Gasteiger partial charge >= 0.3 is 0 Å². The van der Waals surface area contributed by atoms with Crippen molar-refractivity contribution in [2.24, 2.45) is 5.41 Å². The molecule has 148 valence electrons. The molecule has 0 saturated heterocycles. The van der Waals surface area contributed by atoms with E-state index in [-0.39, 0.29) is 22.9 Å². The first-order valence-electron chi connectivity index (χ1n) is 9.57. The quantitative estimate of drug-likeness (QED) is 0.814. The van der Waals surface area contributed by atoms with E-state index in [1.807, 2.05) is 20.8 Å². The Morgan fingerprint density at radius 3 is 2.57 bits per heavy atom. The van der Waals surface area contributed by atoms with Crippen molar-refractivity contribution in [2.75, 3.05) is 11.9 Å². The second-order valence-corrected chi connectivity index (χ2v) is 8.05. The van der Waals surface area contributed by atoms with Crippen molar-refractivity contribution in [3.63, 3.8) is 0 Å². The Kier molecular flexibility index (Phi) is 5.40. The predicted molar refractivity (Wildman–Crippen MR) is 107 cm³/mol. The minimum atomic E-state index is -0.465. The van der Waals surface area contributed by atoms with E-state index in [1.165, 1.54) is 0 Å². The summed E-state index contributed by atoms with van der Waals surface area (Å²) in [5.74, 6) is -0.0121. The number of Topliss-reactive ketones (excluding diaryl/α,β-unsaturated/α-hetero) is 1. The van der Waals surface area contributed by atoms with Crippen LogP contribution in [-0.4, -0.2) is 24.1 Å². The van der Waals surface area contributed by atoms with Crippen LogP contribution in [0.1, 0.15) is 76.2 Å². The van der Waals surface area contributed by atoms with E-state index < -0.39 is 5.91 Å². The van der Waals surface area contributed by atoms with Crippen LogP contribution in [0.4, 0.5) is 5.69 Å². The van der Waals surface area contributed by atoms with Crippen LogP contribution in [0.15, 0.2) is 28.7 Å². The molecule has 1 aliphatic rings. The van der Waals surface area contributed by atoms with E-state index >= 15 is 0 Å². The molecule has 1 aliphatic carbocycles. The fourth-order valence-corrected chi connectivity index (χ4v) is 3.60. The van der Waals surface area contributed by atoms with Gasteiger partial charge in [0.1, 0.15) is 5.76 Å². The fraction of sp³-hybridized carbons (Fsp3) is 0.409. The second kappa shape index (κ2) is 7.62. The largest absolute Gasteiger partial charge is 0.455 e. The number of nitrogens with one attached hydrogen (secondary N) is 2. The molecule has 0 bridgehead atoms. The smallest absolute Gasteiger partial charge is 0.291 e. The standard InChI is InChI=1S/C22H26N2O4/c1-5-10-23-20(26)14-8-6-7-9-15(14)24-21(27)19-13(2)18-16(25)11-22(3,4)12-17(18)28-19/h6-9H,5,10-12H2,1-4H3,(H,23,26)(H,24,27). The highest BCUT2D eigenvalue weighted by Crippen LogP contribution is 2.38. The summed E-state index contributed by atoms with van der Waals surface area (Å²) in [5, 5.41) is 5.57. The van der Waals surface area contributed by atoms with E-state index in [9.17, 15) is 14.4 Å². The van der Waals surface area contributed by atoms with E-state index in [1.54, 1.807) is 31.2 Å². The van der Waals surface area contributed by atoms with Gasteiger partial charge in [0.25, 0.3) is 11.8 Å². The third-order valence-electron chi connectivity index (χ3n) is 4.94. The van der Waals surface area contributed by atoms with Crippen molar-refractivity contribution in [3.05, 3.63) is 52.5 Å². The van der Waals surface area contributed by atoms with Crippen molar-refractivity contribution < 1.29 is 18.8 Å². The van der Waals surface area contributed by atoms with Crippen molar-refractivity contribution in [3.8, 4) is 0 Å². The molecule has 0 fully saturated rings. The van der Waals surface area contributed by atoms with Gasteiger partial charge in [0.15, 0.2) is 11.5 Å². The zero-order valence-electron chi connectivity index (χ0n) is 16.8. The average Bonchev–Trinajstić information content (AvgIpc) is 2.95. The maximum Gasteiger partial charge on any atom is 0.291 e. The molecule has 6 nitrogen and oxygen atoms in total. The summed E-state index contributed by atoms with van der Waals surface area (Å²) in [6, 6.07) is 6.82. The minimum Gasteiger partial charge on any atom is -0.455 e. The second-order valence-electron chi connectivity index (χ2n) is 8.05. The molecule has 0 spiro atoms. The summed E-state index contributed by atoms with van der Waals surface area (Å²) in [6.45, 7) is 8.28. The molecule has 1 heterocycles. The Bertz CT molecular complexity index is 940. The molecule has 0 unspecified atom stereocenters. The number of hydrogen-bond acceptors (Lipinski definition) is 4. The van der Waals surface area contributed by atoms with Gasteiger partial charge in [-0.05, 0) is 30.9 Å². The molecule has 3 rings (SSSR count). The zero-order chi connectivity index (χ0) is 20.5. The van der Waals surface area contributed by atoms with Gasteiger partial charge in [0.2, 0.25) is 0 Å². The van der Waals surface area contributed by atoms with Gasteiger partial charge < -0.3 is 15.1 Å². The highest BCUT2D eigenvalue weighted by atomic mass is 16.4. The number of anilines is 1. The van der Waals surface area contributed by atoms with Crippen molar-refractivity contribution in [1.82, 2.24) is 5.32 Å². The average molecular weight is 382 g/mol. The van der Waals surface area contributed by atoms with Gasteiger partial charge in [0, 0.05) is 24.9 Å². The Balaban J connectivity index is 1.88. The van der Waals surface area contributed by atoms with Gasteiger partial charge in [-0.25, -0.2) is 0 Å². The molecule has 1 aromatic heterocycles. The highest BCUT2D eigenvalue weighted by Gasteiger charge is 2.37. The van der Waals surface area contributed by atoms with Crippen LogP contribution in [-0.2, 0) is 6.42 Å². The number of benzene rings is 1. The molecule has 0 radical (unpaired) electrons. The summed E-state index contributed by atoms with van der Waals surface area (Å²) in [4.78, 5) is 37.7. The Morgan fingerprint density at radius 1 is 1.14 bits per heavy atom. The summed E-state index contributed by atoms with van der Waals surface area (Å²) >= 11 is 0. The number of para-hydroxylation sites is 1. The molecular weight excluding hydrogens is 356 g/mol. The first kappa shape index (κ1) is 19.9. The lowest BCUT2D eigenvalue weighted by molar-refractivity contribution is 0.0897. The molecule has 0 atom stereocenters. The number of carbonyl (C=O) groups is 3. The van der Waals surface area contributed by atoms with Crippen LogP contribution in [0.2, 0.25) is 0 Å². The zero-order valence-corrected chi connectivity index (χ0v) is 16.8. The summed E-state index contributed by atoms with van der Waals surface area (Å²) < 4.78 is 5.81. The summed E-state index contributed by atoms with van der Waals surface area (Å²) in [7, 11) is 0.